The lowest BCUT2D eigenvalue weighted by Gasteiger charge is -2.05. The van der Waals surface area contributed by atoms with Gasteiger partial charge in [0, 0.05) is 0 Å². The molecule has 11 heteroatoms. The topological polar surface area (TPSA) is 144 Å². The van der Waals surface area contributed by atoms with E-state index in [1.807, 2.05) is 17.5 Å². The molecule has 0 aliphatic carbocycles. The number of aryl methyl sites for hydroxylation is 2. The van der Waals surface area contributed by atoms with Gasteiger partial charge in [-0.05, 0) is 32.2 Å². The van der Waals surface area contributed by atoms with Gasteiger partial charge in [-0.1, -0.05) is 6.07 Å². The van der Waals surface area contributed by atoms with E-state index in [4.69, 9.17) is 24.0 Å². The first-order valence-electron chi connectivity index (χ1n) is 9.75. The van der Waals surface area contributed by atoms with E-state index in [0.717, 1.165) is 4.88 Å². The van der Waals surface area contributed by atoms with Crippen LogP contribution in [0.5, 0.6) is 0 Å². The summed E-state index contributed by atoms with van der Waals surface area (Å²) < 4.78 is 21.5. The van der Waals surface area contributed by atoms with Gasteiger partial charge in [0.15, 0.2) is 12.4 Å². The molecule has 0 amide bonds. The fourth-order valence-corrected chi connectivity index (χ4v) is 3.78. The summed E-state index contributed by atoms with van der Waals surface area (Å²) in [5.41, 5.74) is 6.83. The third-order valence-electron chi connectivity index (χ3n) is 4.58. The zero-order valence-electron chi connectivity index (χ0n) is 17.6. The molecule has 0 radical (unpaired) electrons. The van der Waals surface area contributed by atoms with Gasteiger partial charge < -0.3 is 24.0 Å². The molecular weight excluding hydrogens is 436 g/mol. The van der Waals surface area contributed by atoms with E-state index in [1.165, 1.54) is 11.3 Å². The Hall–Kier alpha value is -3.73. The number of carbonyl (C=O) groups is 2. The summed E-state index contributed by atoms with van der Waals surface area (Å²) >= 11 is 1.50. The molecule has 0 aliphatic rings. The van der Waals surface area contributed by atoms with Gasteiger partial charge in [0.2, 0.25) is 11.6 Å². The summed E-state index contributed by atoms with van der Waals surface area (Å²) in [4.78, 5) is 38.1. The van der Waals surface area contributed by atoms with Crippen molar-refractivity contribution in [2.24, 2.45) is 0 Å². The van der Waals surface area contributed by atoms with Crippen LogP contribution in [0.2, 0.25) is 0 Å². The van der Waals surface area contributed by atoms with E-state index in [9.17, 15) is 9.59 Å². The van der Waals surface area contributed by atoms with Crippen LogP contribution in [-0.2, 0) is 27.3 Å². The highest BCUT2D eigenvalue weighted by Gasteiger charge is 2.24. The summed E-state index contributed by atoms with van der Waals surface area (Å²) in [6.45, 7) is 5.04. The van der Waals surface area contributed by atoms with Crippen LogP contribution in [0.3, 0.4) is 0 Å². The number of fused-ring (bicyclic) bond motifs is 1. The number of furan rings is 1. The molecule has 4 rings (SSSR count). The summed E-state index contributed by atoms with van der Waals surface area (Å²) in [6.07, 6.45) is -0.0642. The predicted octanol–water partition coefficient (Wildman–Crippen LogP) is 3.60. The van der Waals surface area contributed by atoms with Crippen molar-refractivity contribution in [1.82, 2.24) is 15.0 Å². The van der Waals surface area contributed by atoms with Crippen molar-refractivity contribution in [2.75, 3.05) is 12.3 Å². The molecule has 0 fully saturated rings. The van der Waals surface area contributed by atoms with E-state index in [1.54, 1.807) is 20.8 Å². The van der Waals surface area contributed by atoms with Crippen molar-refractivity contribution in [3.05, 3.63) is 46.1 Å². The molecule has 0 unspecified atom stereocenters. The van der Waals surface area contributed by atoms with Gasteiger partial charge in [-0.3, -0.25) is 4.79 Å². The van der Waals surface area contributed by atoms with Gasteiger partial charge >= 0.3 is 11.9 Å². The van der Waals surface area contributed by atoms with Crippen LogP contribution in [-0.4, -0.2) is 33.5 Å². The van der Waals surface area contributed by atoms with Crippen molar-refractivity contribution in [3.63, 3.8) is 0 Å². The monoisotopic (exact) mass is 456 g/mol. The van der Waals surface area contributed by atoms with Crippen LogP contribution in [0.4, 0.5) is 5.82 Å². The summed E-state index contributed by atoms with van der Waals surface area (Å²) in [7, 11) is 0. The number of rotatable bonds is 7. The second-order valence-electron chi connectivity index (χ2n) is 6.80. The highest BCUT2D eigenvalue weighted by Crippen LogP contribution is 2.29. The molecule has 0 bridgehead atoms. The van der Waals surface area contributed by atoms with E-state index in [0.29, 0.717) is 23.1 Å². The third kappa shape index (κ3) is 4.19. The molecule has 4 heterocycles. The highest BCUT2D eigenvalue weighted by molar-refractivity contribution is 7.13. The number of aromatic nitrogens is 3. The molecule has 0 aromatic carbocycles. The molecule has 0 spiro atoms. The minimum Gasteiger partial charge on any atom is -0.462 e. The highest BCUT2D eigenvalue weighted by atomic mass is 32.1. The van der Waals surface area contributed by atoms with Gasteiger partial charge in [-0.2, -0.15) is 4.98 Å². The zero-order chi connectivity index (χ0) is 22.8. The number of nitrogen functional groups attached to an aromatic ring is 1. The number of hydrogen-bond donors (Lipinski definition) is 1. The standard InChI is InChI=1S/C21H20N4O6S/c1-4-28-21(27)16-11(3)31-20-17(16)18(22)24-14(25-20)9-29-15(26)8-12-10(2)30-19(23-12)13-6-5-7-32-13/h5-7H,4,8-9H2,1-3H3,(H2,22,24,25). The minimum atomic E-state index is -0.567. The Kier molecular flexibility index (Phi) is 5.91. The fraction of sp³-hybridized carbons (Fsp3) is 0.286. The number of thiophene rings is 1. The Balaban J connectivity index is 1.46. The van der Waals surface area contributed by atoms with Gasteiger partial charge in [-0.15, -0.1) is 11.3 Å². The SMILES string of the molecule is CCOC(=O)c1c(C)oc2nc(COC(=O)Cc3nc(-c4cccs4)oc3C)nc(N)c12. The Morgan fingerprint density at radius 3 is 2.66 bits per heavy atom. The van der Waals surface area contributed by atoms with Crippen LogP contribution in [0, 0.1) is 13.8 Å². The smallest absolute Gasteiger partial charge is 0.342 e. The normalized spacial score (nSPS) is 11.1. The van der Waals surface area contributed by atoms with Crippen molar-refractivity contribution in [3.8, 4) is 10.8 Å². The fourth-order valence-electron chi connectivity index (χ4n) is 3.13. The van der Waals surface area contributed by atoms with E-state index >= 15 is 0 Å². The lowest BCUT2D eigenvalue weighted by atomic mass is 10.2. The summed E-state index contributed by atoms with van der Waals surface area (Å²) in [5, 5.41) is 2.19. The Bertz CT molecular complexity index is 1290. The lowest BCUT2D eigenvalue weighted by molar-refractivity contribution is -0.144. The number of oxazole rings is 1. The third-order valence-corrected chi connectivity index (χ3v) is 5.44. The average Bonchev–Trinajstić information content (AvgIpc) is 3.46. The van der Waals surface area contributed by atoms with Crippen LogP contribution in [0.15, 0.2) is 26.3 Å². The molecule has 4 aromatic rings. The minimum absolute atomic E-state index is 0.0360. The number of nitrogens with two attached hydrogens (primary N) is 1. The number of esters is 2. The molecule has 166 valence electrons. The van der Waals surface area contributed by atoms with Crippen molar-refractivity contribution >= 4 is 40.2 Å². The number of carbonyl (C=O) groups excluding carboxylic acids is 2. The van der Waals surface area contributed by atoms with Crippen molar-refractivity contribution in [1.29, 1.82) is 0 Å². The van der Waals surface area contributed by atoms with Crippen molar-refractivity contribution in [2.45, 2.75) is 33.8 Å². The number of ether oxygens (including phenoxy) is 2. The summed E-state index contributed by atoms with van der Waals surface area (Å²) in [6, 6.07) is 3.78. The molecule has 0 saturated heterocycles. The first-order valence-corrected chi connectivity index (χ1v) is 10.6. The molecule has 0 atom stereocenters. The lowest BCUT2D eigenvalue weighted by Crippen LogP contribution is -2.12. The Labute approximate surface area is 186 Å². The van der Waals surface area contributed by atoms with Crippen LogP contribution < -0.4 is 5.73 Å². The second kappa shape index (κ2) is 8.79. The molecule has 2 N–H and O–H groups in total. The number of nitrogens with zero attached hydrogens (tertiary/aromatic N) is 3. The van der Waals surface area contributed by atoms with Crippen LogP contribution >= 0.6 is 11.3 Å². The van der Waals surface area contributed by atoms with Gasteiger partial charge in [0.1, 0.15) is 22.9 Å². The summed E-state index contributed by atoms with van der Waals surface area (Å²) in [5.74, 6) is 0.416. The Morgan fingerprint density at radius 2 is 1.94 bits per heavy atom. The first kappa shape index (κ1) is 21.5. The first-order chi connectivity index (χ1) is 15.4. The molecule has 10 nitrogen and oxygen atoms in total. The van der Waals surface area contributed by atoms with Gasteiger partial charge in [0.25, 0.3) is 0 Å². The molecular formula is C21H20N4O6S. The average molecular weight is 456 g/mol. The predicted molar refractivity (Wildman–Crippen MR) is 115 cm³/mol. The molecule has 0 saturated carbocycles. The zero-order valence-corrected chi connectivity index (χ0v) is 18.4. The van der Waals surface area contributed by atoms with Crippen LogP contribution in [0.1, 0.15) is 40.3 Å². The maximum Gasteiger partial charge on any atom is 0.342 e. The molecule has 0 aliphatic heterocycles. The van der Waals surface area contributed by atoms with Gasteiger partial charge in [0.05, 0.1) is 29.0 Å². The van der Waals surface area contributed by atoms with Crippen molar-refractivity contribution < 1.29 is 27.9 Å². The quantitative estimate of drug-likeness (QED) is 0.410. The number of hydrogen-bond acceptors (Lipinski definition) is 11. The largest absolute Gasteiger partial charge is 0.462 e. The van der Waals surface area contributed by atoms with E-state index in [2.05, 4.69) is 15.0 Å². The van der Waals surface area contributed by atoms with Gasteiger partial charge in [-0.25, -0.2) is 14.8 Å². The molecule has 32 heavy (non-hydrogen) atoms. The number of anilines is 1. The van der Waals surface area contributed by atoms with E-state index < -0.39 is 11.9 Å². The molecule has 4 aromatic heterocycles. The maximum absolute atomic E-state index is 12.3. The van der Waals surface area contributed by atoms with E-state index in [-0.39, 0.29) is 47.9 Å². The Morgan fingerprint density at radius 1 is 1.12 bits per heavy atom. The second-order valence-corrected chi connectivity index (χ2v) is 7.74. The maximum atomic E-state index is 12.3. The van der Waals surface area contributed by atoms with Crippen LogP contribution in [0.25, 0.3) is 21.9 Å².